The molecule has 8 nitrogen and oxygen atoms in total. The maximum absolute atomic E-state index is 12.2. The average Bonchev–Trinajstić information content (AvgIpc) is 3.09. The first-order valence-electron chi connectivity index (χ1n) is 7.92. The van der Waals surface area contributed by atoms with Crippen molar-refractivity contribution in [3.8, 4) is 17.2 Å². The van der Waals surface area contributed by atoms with E-state index in [9.17, 15) is 13.2 Å². The van der Waals surface area contributed by atoms with E-state index in [-0.39, 0.29) is 29.1 Å². The lowest BCUT2D eigenvalue weighted by atomic mass is 10.1. The number of methoxy groups -OCH3 is 1. The number of nitrogens with one attached hydrogen (secondary N) is 1. The van der Waals surface area contributed by atoms with E-state index < -0.39 is 9.84 Å². The smallest absolute Gasteiger partial charge is 0.322 e. The van der Waals surface area contributed by atoms with Crippen molar-refractivity contribution in [3.05, 3.63) is 54.1 Å². The number of ether oxygens (including phenoxy) is 1. The number of hydrogen-bond acceptors (Lipinski definition) is 7. The molecule has 0 atom stereocenters. The van der Waals surface area contributed by atoms with Gasteiger partial charge >= 0.3 is 6.01 Å². The van der Waals surface area contributed by atoms with Crippen molar-refractivity contribution in [2.75, 3.05) is 18.7 Å². The molecular weight excluding hydrogens is 370 g/mol. The first-order valence-corrected chi connectivity index (χ1v) is 9.81. The molecule has 0 aliphatic heterocycles. The van der Waals surface area contributed by atoms with Gasteiger partial charge in [-0.1, -0.05) is 29.4 Å². The van der Waals surface area contributed by atoms with Crippen LogP contribution in [0, 0.1) is 0 Å². The number of carbonyl (C=O) groups is 1. The predicted molar refractivity (Wildman–Crippen MR) is 98.2 cm³/mol. The van der Waals surface area contributed by atoms with Crippen LogP contribution in [-0.2, 0) is 21.1 Å². The monoisotopic (exact) mass is 387 g/mol. The number of rotatable bonds is 6. The summed E-state index contributed by atoms with van der Waals surface area (Å²) in [5.41, 5.74) is 1.27. The van der Waals surface area contributed by atoms with Crippen LogP contribution in [0.4, 0.5) is 6.01 Å². The zero-order valence-electron chi connectivity index (χ0n) is 14.7. The van der Waals surface area contributed by atoms with Crippen LogP contribution in [0.15, 0.2) is 57.8 Å². The van der Waals surface area contributed by atoms with Gasteiger partial charge in [0, 0.05) is 6.26 Å². The summed E-state index contributed by atoms with van der Waals surface area (Å²) >= 11 is 0. The second-order valence-corrected chi connectivity index (χ2v) is 7.77. The van der Waals surface area contributed by atoms with Gasteiger partial charge in [0.1, 0.15) is 5.75 Å². The summed E-state index contributed by atoms with van der Waals surface area (Å²) < 4.78 is 33.6. The van der Waals surface area contributed by atoms with E-state index in [2.05, 4.69) is 15.5 Å². The van der Waals surface area contributed by atoms with E-state index in [1.54, 1.807) is 30.3 Å². The Bertz CT molecular complexity index is 1060. The molecule has 9 heteroatoms. The summed E-state index contributed by atoms with van der Waals surface area (Å²) in [4.78, 5) is 12.3. The van der Waals surface area contributed by atoms with Crippen LogP contribution < -0.4 is 10.1 Å². The average molecular weight is 387 g/mol. The van der Waals surface area contributed by atoms with Crippen LogP contribution in [0.25, 0.3) is 11.5 Å². The Hall–Kier alpha value is -3.20. The highest BCUT2D eigenvalue weighted by atomic mass is 32.2. The van der Waals surface area contributed by atoms with Crippen molar-refractivity contribution in [3.63, 3.8) is 0 Å². The van der Waals surface area contributed by atoms with Crippen LogP contribution in [0.3, 0.4) is 0 Å². The molecule has 0 bridgehead atoms. The molecule has 0 saturated carbocycles. The number of carbonyl (C=O) groups excluding carboxylic acids is 1. The largest absolute Gasteiger partial charge is 0.496 e. The predicted octanol–water partition coefficient (Wildman–Crippen LogP) is 2.33. The number of anilines is 1. The van der Waals surface area contributed by atoms with Crippen LogP contribution in [0.5, 0.6) is 5.75 Å². The molecule has 0 spiro atoms. The Morgan fingerprint density at radius 1 is 1.11 bits per heavy atom. The number of benzene rings is 2. The number of hydrogen-bond donors (Lipinski definition) is 1. The molecule has 1 amide bonds. The highest BCUT2D eigenvalue weighted by Crippen LogP contribution is 2.29. The molecule has 140 valence electrons. The van der Waals surface area contributed by atoms with Gasteiger partial charge in [-0.25, -0.2) is 8.42 Å². The molecule has 27 heavy (non-hydrogen) atoms. The van der Waals surface area contributed by atoms with Gasteiger partial charge in [0.05, 0.1) is 24.0 Å². The highest BCUT2D eigenvalue weighted by molar-refractivity contribution is 7.90. The summed E-state index contributed by atoms with van der Waals surface area (Å²) in [5.74, 6) is 0.433. The van der Waals surface area contributed by atoms with Gasteiger partial charge in [-0.3, -0.25) is 10.1 Å². The lowest BCUT2D eigenvalue weighted by molar-refractivity contribution is -0.115. The zero-order valence-corrected chi connectivity index (χ0v) is 15.5. The van der Waals surface area contributed by atoms with E-state index in [4.69, 9.17) is 9.15 Å². The Kier molecular flexibility index (Phi) is 5.22. The quantitative estimate of drug-likeness (QED) is 0.691. The summed E-state index contributed by atoms with van der Waals surface area (Å²) in [6.45, 7) is 0. The number of para-hydroxylation sites is 1. The number of sulfone groups is 1. The molecule has 0 unspecified atom stereocenters. The fourth-order valence-electron chi connectivity index (χ4n) is 2.41. The second-order valence-electron chi connectivity index (χ2n) is 5.75. The van der Waals surface area contributed by atoms with Gasteiger partial charge in [-0.2, -0.15) is 0 Å². The molecule has 0 aliphatic carbocycles. The van der Waals surface area contributed by atoms with Gasteiger partial charge in [0.25, 0.3) is 5.89 Å². The van der Waals surface area contributed by atoms with E-state index in [1.165, 1.54) is 19.2 Å². The van der Waals surface area contributed by atoms with Crippen LogP contribution in [0.2, 0.25) is 0 Å². The summed E-state index contributed by atoms with van der Waals surface area (Å²) in [7, 11) is -1.74. The molecular formula is C18H17N3O5S. The molecule has 1 heterocycles. The number of amides is 1. The standard InChI is InChI=1S/C18H17N3O5S/c1-25-15-6-4-3-5-14(15)17-20-21-18(26-17)19-16(22)11-12-7-9-13(10-8-12)27(2,23)24/h3-10H,11H2,1-2H3,(H,19,21,22). The first-order chi connectivity index (χ1) is 12.9. The third-order valence-electron chi connectivity index (χ3n) is 3.72. The van der Waals surface area contributed by atoms with Gasteiger partial charge < -0.3 is 9.15 Å². The minimum Gasteiger partial charge on any atom is -0.496 e. The van der Waals surface area contributed by atoms with Gasteiger partial charge in [-0.15, -0.1) is 5.10 Å². The zero-order chi connectivity index (χ0) is 19.4. The topological polar surface area (TPSA) is 111 Å². The van der Waals surface area contributed by atoms with Crippen LogP contribution >= 0.6 is 0 Å². The summed E-state index contributed by atoms with van der Waals surface area (Å²) in [5, 5.41) is 10.3. The lowest BCUT2D eigenvalue weighted by Crippen LogP contribution is -2.14. The van der Waals surface area contributed by atoms with Gasteiger partial charge in [-0.05, 0) is 29.8 Å². The Balaban J connectivity index is 1.68. The van der Waals surface area contributed by atoms with Crippen LogP contribution in [0.1, 0.15) is 5.56 Å². The van der Waals surface area contributed by atoms with Gasteiger partial charge in [0.15, 0.2) is 9.84 Å². The van der Waals surface area contributed by atoms with Gasteiger partial charge in [0.2, 0.25) is 5.91 Å². The van der Waals surface area contributed by atoms with Crippen molar-refractivity contribution in [2.24, 2.45) is 0 Å². The third-order valence-corrected chi connectivity index (χ3v) is 4.85. The van der Waals surface area contributed by atoms with Crippen LogP contribution in [-0.4, -0.2) is 37.9 Å². The molecule has 1 N–H and O–H groups in total. The molecule has 3 rings (SSSR count). The molecule has 3 aromatic rings. The Morgan fingerprint density at radius 3 is 2.48 bits per heavy atom. The SMILES string of the molecule is COc1ccccc1-c1nnc(NC(=O)Cc2ccc(S(C)(=O)=O)cc2)o1. The second kappa shape index (κ2) is 7.58. The Labute approximate surface area is 156 Å². The van der Waals surface area contributed by atoms with E-state index >= 15 is 0 Å². The fourth-order valence-corrected chi connectivity index (χ4v) is 3.04. The molecule has 0 fully saturated rings. The highest BCUT2D eigenvalue weighted by Gasteiger charge is 2.15. The minimum absolute atomic E-state index is 0.0336. The van der Waals surface area contributed by atoms with Crippen molar-refractivity contribution in [2.45, 2.75) is 11.3 Å². The summed E-state index contributed by atoms with van der Waals surface area (Å²) in [6.07, 6.45) is 1.17. The van der Waals surface area contributed by atoms with E-state index in [1.807, 2.05) is 6.07 Å². The third kappa shape index (κ3) is 4.50. The Morgan fingerprint density at radius 2 is 1.81 bits per heavy atom. The maximum atomic E-state index is 12.2. The van der Waals surface area contributed by atoms with E-state index in [0.717, 1.165) is 6.26 Å². The number of aromatic nitrogens is 2. The van der Waals surface area contributed by atoms with Crippen molar-refractivity contribution < 1.29 is 22.4 Å². The molecule has 0 radical (unpaired) electrons. The normalized spacial score (nSPS) is 11.2. The fraction of sp³-hybridized carbons (Fsp3) is 0.167. The van der Waals surface area contributed by atoms with Crippen molar-refractivity contribution >= 4 is 21.8 Å². The minimum atomic E-state index is -3.27. The first kappa shape index (κ1) is 18.6. The van der Waals surface area contributed by atoms with Crippen molar-refractivity contribution in [1.29, 1.82) is 0 Å². The molecule has 1 aromatic heterocycles. The maximum Gasteiger partial charge on any atom is 0.322 e. The lowest BCUT2D eigenvalue weighted by Gasteiger charge is -2.04. The van der Waals surface area contributed by atoms with Crippen molar-refractivity contribution in [1.82, 2.24) is 10.2 Å². The summed E-state index contributed by atoms with van der Waals surface area (Å²) in [6, 6.07) is 13.2. The number of nitrogens with zero attached hydrogens (tertiary/aromatic N) is 2. The molecule has 2 aromatic carbocycles. The van der Waals surface area contributed by atoms with E-state index in [0.29, 0.717) is 16.9 Å². The molecule has 0 aliphatic rings. The molecule has 0 saturated heterocycles.